The maximum atomic E-state index is 3.00. The normalized spacial score (nSPS) is 22.5. The number of rotatable bonds is 7. The van der Waals surface area contributed by atoms with Gasteiger partial charge in [0.15, 0.2) is 0 Å². The Balaban J connectivity index is 0.0000102. The summed E-state index contributed by atoms with van der Waals surface area (Å²) in [6.07, 6.45) is -3.90. The largest absolute Gasteiger partial charge is 1.00 e. The summed E-state index contributed by atoms with van der Waals surface area (Å²) in [5, 5.41) is 0. The van der Waals surface area contributed by atoms with E-state index in [9.17, 15) is 0 Å². The molecule has 0 unspecified atom stereocenters. The van der Waals surface area contributed by atoms with Crippen molar-refractivity contribution >= 4 is 78.9 Å². The molecule has 0 aliphatic carbocycles. The second-order valence-corrected chi connectivity index (χ2v) is 150. The second-order valence-electron chi connectivity index (χ2n) is 18.4. The average molecular weight is 664 g/mol. The summed E-state index contributed by atoms with van der Waals surface area (Å²) in [6, 6.07) is 0. The topological polar surface area (TPSA) is 0 Å². The zero-order valence-corrected chi connectivity index (χ0v) is 41.6. The van der Waals surface area contributed by atoms with E-state index < -0.39 is 71.6 Å². The molecule has 0 aromatic rings. The van der Waals surface area contributed by atoms with Crippen LogP contribution in [0.25, 0.3) is 0 Å². The molecular formula is C21H63KSi11. The molecule has 33 heavy (non-hydrogen) atoms. The van der Waals surface area contributed by atoms with Gasteiger partial charge < -0.3 is 0 Å². The van der Waals surface area contributed by atoms with Crippen LogP contribution >= 0.6 is 0 Å². The molecule has 1 aliphatic rings. The van der Waals surface area contributed by atoms with E-state index in [4.69, 9.17) is 0 Å². The van der Waals surface area contributed by atoms with E-state index in [2.05, 4.69) is 137 Å². The van der Waals surface area contributed by atoms with E-state index >= 15 is 0 Å². The molecule has 1 aliphatic heterocycles. The van der Waals surface area contributed by atoms with Gasteiger partial charge >= 0.3 is 51.4 Å². The predicted molar refractivity (Wildman–Crippen MR) is 186 cm³/mol. The van der Waals surface area contributed by atoms with E-state index in [1.807, 2.05) is 0 Å². The fourth-order valence-electron chi connectivity index (χ4n) is 11.4. The molecule has 0 spiro atoms. The van der Waals surface area contributed by atoms with Crippen LogP contribution in [0.1, 0.15) is 0 Å². The van der Waals surface area contributed by atoms with Crippen molar-refractivity contribution in [2.24, 2.45) is 0 Å². The van der Waals surface area contributed by atoms with Crippen LogP contribution in [0, 0.1) is 0 Å². The third kappa shape index (κ3) is 4.72. The van der Waals surface area contributed by atoms with Gasteiger partial charge in [0.2, 0.25) is 0 Å². The second kappa shape index (κ2) is 9.84. The molecule has 0 bridgehead atoms. The van der Waals surface area contributed by atoms with Gasteiger partial charge in [-0.15, -0.1) is 19.9 Å². The third-order valence-corrected chi connectivity index (χ3v) is 354. The van der Waals surface area contributed by atoms with Crippen LogP contribution in [-0.4, -0.2) is 78.9 Å². The Bertz CT molecular complexity index is 633. The molecular weight excluding hydrogens is 600 g/mol. The van der Waals surface area contributed by atoms with Gasteiger partial charge in [0.1, 0.15) is 0 Å². The minimum atomic E-state index is -1.34. The van der Waals surface area contributed by atoms with Crippen LogP contribution in [0.2, 0.25) is 137 Å². The Morgan fingerprint density at radius 3 is 0.606 bits per heavy atom. The van der Waals surface area contributed by atoms with Crippen molar-refractivity contribution in [3.63, 3.8) is 0 Å². The molecule has 0 N–H and O–H groups in total. The van der Waals surface area contributed by atoms with Crippen molar-refractivity contribution in [1.82, 2.24) is 0 Å². The molecule has 1 rings (SSSR count). The number of hydrogen-bond donors (Lipinski definition) is 0. The summed E-state index contributed by atoms with van der Waals surface area (Å²) in [7, 11) is -8.88. The predicted octanol–water partition coefficient (Wildman–Crippen LogP) is 5.08. The third-order valence-electron chi connectivity index (χ3n) is 9.38. The van der Waals surface area contributed by atoms with Gasteiger partial charge in [0, 0.05) is 15.2 Å². The fraction of sp³-hybridized carbons (Fsp3) is 1.00. The molecule has 0 amide bonds. The summed E-state index contributed by atoms with van der Waals surface area (Å²) in [4.78, 5) is 0. The molecule has 1 heterocycles. The van der Waals surface area contributed by atoms with Crippen LogP contribution in [0.3, 0.4) is 0 Å². The zero-order chi connectivity index (χ0) is 26.6. The van der Waals surface area contributed by atoms with Gasteiger partial charge in [-0.3, -0.25) is 7.35 Å². The van der Waals surface area contributed by atoms with Crippen molar-refractivity contribution in [2.45, 2.75) is 137 Å². The Kier molecular flexibility index (Phi) is 11.0. The maximum absolute atomic E-state index is 3.00. The quantitative estimate of drug-likeness (QED) is 0.334. The van der Waals surface area contributed by atoms with Crippen LogP contribution < -0.4 is 51.4 Å². The molecule has 0 aromatic carbocycles. The van der Waals surface area contributed by atoms with E-state index in [1.165, 1.54) is 0 Å². The van der Waals surface area contributed by atoms with Crippen molar-refractivity contribution in [3.05, 3.63) is 0 Å². The molecule has 0 aromatic heterocycles. The standard InChI is InChI=1S/C21H63Si11.K/c1-23(2,3)22-30(24(4,5)6,25(7,8)9)32(28(16,17)18,29(19,20)21)31(22,26(10,11)12)27(13,14)15;/h1-21H3;/q-1;+1. The number of hydrogen-bond acceptors (Lipinski definition) is 0. The first-order valence-corrected chi connectivity index (χ1v) is 56.2. The van der Waals surface area contributed by atoms with E-state index in [0.29, 0.717) is 0 Å². The average Bonchev–Trinajstić information content (AvgIpc) is 2.23. The maximum Gasteiger partial charge on any atom is 1.00 e. The monoisotopic (exact) mass is 662 g/mol. The van der Waals surface area contributed by atoms with Crippen LogP contribution in [0.4, 0.5) is 0 Å². The fourth-order valence-corrected chi connectivity index (χ4v) is 871. The first kappa shape index (κ1) is 37.0. The summed E-state index contributed by atoms with van der Waals surface area (Å²) in [5.74, 6) is 0. The van der Waals surface area contributed by atoms with E-state index in [1.54, 1.807) is 0 Å². The summed E-state index contributed by atoms with van der Waals surface area (Å²) in [6.45, 7) is 62.7. The molecule has 192 valence electrons. The van der Waals surface area contributed by atoms with Crippen LogP contribution in [-0.2, 0) is 0 Å². The van der Waals surface area contributed by atoms with Crippen molar-refractivity contribution in [3.8, 4) is 0 Å². The Morgan fingerprint density at radius 1 is 0.333 bits per heavy atom. The van der Waals surface area contributed by atoms with Crippen molar-refractivity contribution < 1.29 is 51.4 Å². The van der Waals surface area contributed by atoms with Gasteiger partial charge in [-0.05, 0) is 36.5 Å². The molecule has 1 saturated heterocycles. The SMILES string of the molecule is C[Si](C)(C)[Si-]1[Si]([Si](C)(C)C)([Si](C)(C)C)[Si]([Si](C)(C)C)([Si](C)(C)C)[Si]1([Si](C)(C)C)[Si](C)(C)C.[K+]. The van der Waals surface area contributed by atoms with Gasteiger partial charge in [0.25, 0.3) is 0 Å². The molecule has 0 atom stereocenters. The molecule has 0 nitrogen and oxygen atoms in total. The van der Waals surface area contributed by atoms with Crippen molar-refractivity contribution in [2.75, 3.05) is 0 Å². The minimum absolute atomic E-state index is 0. The minimum Gasteiger partial charge on any atom is -0.265 e. The van der Waals surface area contributed by atoms with Gasteiger partial charge in [-0.2, -0.15) is 0 Å². The van der Waals surface area contributed by atoms with Crippen LogP contribution in [0.15, 0.2) is 0 Å². The Morgan fingerprint density at radius 2 is 0.515 bits per heavy atom. The van der Waals surface area contributed by atoms with E-state index in [-0.39, 0.29) is 58.7 Å². The first-order valence-electron chi connectivity index (χ1n) is 13.2. The van der Waals surface area contributed by atoms with Crippen molar-refractivity contribution in [1.29, 1.82) is 0 Å². The molecule has 0 radical (unpaired) electrons. The summed E-state index contributed by atoms with van der Waals surface area (Å²) < 4.78 is 0. The van der Waals surface area contributed by atoms with Gasteiger partial charge in [0.05, 0.1) is 0 Å². The zero-order valence-electron chi connectivity index (χ0n) is 27.5. The Hall–Kier alpha value is 4.02. The summed E-state index contributed by atoms with van der Waals surface area (Å²) >= 11 is 0. The smallest absolute Gasteiger partial charge is 0.265 e. The summed E-state index contributed by atoms with van der Waals surface area (Å²) in [5.41, 5.74) is 0. The van der Waals surface area contributed by atoms with Gasteiger partial charge in [-0.1, -0.05) is 137 Å². The molecule has 0 saturated carbocycles. The first-order chi connectivity index (χ1) is 13.4. The van der Waals surface area contributed by atoms with E-state index in [0.717, 1.165) is 0 Å². The molecule has 12 heteroatoms. The molecule has 1 fully saturated rings. The van der Waals surface area contributed by atoms with Crippen LogP contribution in [0.5, 0.6) is 0 Å². The van der Waals surface area contributed by atoms with Gasteiger partial charge in [-0.25, -0.2) is 0 Å². The Labute approximate surface area is 263 Å².